The van der Waals surface area contributed by atoms with Crippen LogP contribution in [0.4, 0.5) is 0 Å². The first-order valence-corrected chi connectivity index (χ1v) is 12.5. The predicted molar refractivity (Wildman–Crippen MR) is 118 cm³/mol. The van der Waals surface area contributed by atoms with Crippen molar-refractivity contribution in [1.29, 1.82) is 0 Å². The second-order valence-electron chi connectivity index (χ2n) is 12.0. The van der Waals surface area contributed by atoms with E-state index < -0.39 is 0 Å². The third-order valence-corrected chi connectivity index (χ3v) is 10.2. The zero-order chi connectivity index (χ0) is 20.1. The van der Waals surface area contributed by atoms with Crippen molar-refractivity contribution in [2.45, 2.75) is 105 Å². The van der Waals surface area contributed by atoms with Gasteiger partial charge < -0.3 is 0 Å². The van der Waals surface area contributed by atoms with E-state index in [1.807, 2.05) is 0 Å². The molecule has 1 nitrogen and oxygen atoms in total. The highest BCUT2D eigenvalue weighted by atomic mass is 16.1. The fourth-order valence-corrected chi connectivity index (χ4v) is 8.58. The number of ketones is 1. The van der Waals surface area contributed by atoms with Gasteiger partial charge in [-0.25, -0.2) is 0 Å². The van der Waals surface area contributed by atoms with E-state index in [1.165, 1.54) is 63.4 Å². The Bertz CT molecular complexity index is 630. The zero-order valence-electron chi connectivity index (χ0n) is 19.2. The molecule has 0 spiro atoms. The lowest BCUT2D eigenvalue weighted by molar-refractivity contribution is -0.117. The van der Waals surface area contributed by atoms with Crippen LogP contribution >= 0.6 is 0 Å². The predicted octanol–water partition coefficient (Wildman–Crippen LogP) is 7.60. The molecule has 0 amide bonds. The molecule has 3 fully saturated rings. The molecule has 0 aromatic heterocycles. The quantitative estimate of drug-likeness (QED) is 0.477. The monoisotopic (exact) mass is 384 g/mol. The van der Waals surface area contributed by atoms with Gasteiger partial charge in [-0.05, 0) is 97.4 Å². The van der Waals surface area contributed by atoms with E-state index in [9.17, 15) is 4.79 Å². The van der Waals surface area contributed by atoms with Gasteiger partial charge in [-0.3, -0.25) is 4.79 Å². The number of allylic oxidation sites excluding steroid dienone is 1. The van der Waals surface area contributed by atoms with Crippen LogP contribution in [0.2, 0.25) is 0 Å². The van der Waals surface area contributed by atoms with Gasteiger partial charge >= 0.3 is 0 Å². The second kappa shape index (κ2) is 7.59. The number of hydrogen-bond donors (Lipinski definition) is 0. The average molecular weight is 385 g/mol. The molecule has 4 aliphatic carbocycles. The van der Waals surface area contributed by atoms with Gasteiger partial charge in [-0.1, -0.05) is 59.5 Å². The molecule has 0 aromatic rings. The normalized spacial score (nSPS) is 43.9. The van der Waals surface area contributed by atoms with Gasteiger partial charge in [-0.15, -0.1) is 0 Å². The van der Waals surface area contributed by atoms with Crippen LogP contribution in [0.1, 0.15) is 105 Å². The highest BCUT2D eigenvalue weighted by Crippen LogP contribution is 2.67. The summed E-state index contributed by atoms with van der Waals surface area (Å²) in [6.07, 6.45) is 16.6. The first kappa shape index (κ1) is 20.7. The minimum absolute atomic E-state index is 0.332. The fraction of sp³-hybridized carbons (Fsp3) is 0.889. The summed E-state index contributed by atoms with van der Waals surface area (Å²) in [6, 6.07) is 0. The Labute approximate surface area is 174 Å². The van der Waals surface area contributed by atoms with E-state index in [4.69, 9.17) is 0 Å². The van der Waals surface area contributed by atoms with E-state index in [2.05, 4.69) is 40.7 Å². The van der Waals surface area contributed by atoms with Crippen molar-refractivity contribution in [2.24, 2.45) is 46.3 Å². The van der Waals surface area contributed by atoms with Crippen LogP contribution in [-0.4, -0.2) is 5.78 Å². The number of fused-ring (bicyclic) bond motifs is 5. The Balaban J connectivity index is 1.49. The van der Waals surface area contributed by atoms with Crippen LogP contribution in [0.3, 0.4) is 0 Å². The number of hydrogen-bond acceptors (Lipinski definition) is 1. The molecule has 4 aliphatic rings. The summed E-state index contributed by atoms with van der Waals surface area (Å²) in [7, 11) is 0. The third kappa shape index (κ3) is 3.33. The summed E-state index contributed by atoms with van der Waals surface area (Å²) in [5, 5.41) is 0. The van der Waals surface area contributed by atoms with Crippen molar-refractivity contribution in [3.05, 3.63) is 11.6 Å². The van der Waals surface area contributed by atoms with Gasteiger partial charge in [0.25, 0.3) is 0 Å². The molecule has 0 aromatic carbocycles. The van der Waals surface area contributed by atoms with E-state index in [0.29, 0.717) is 16.6 Å². The first-order chi connectivity index (χ1) is 13.3. The largest absolute Gasteiger partial charge is 0.295 e. The molecule has 158 valence electrons. The fourth-order valence-electron chi connectivity index (χ4n) is 8.58. The van der Waals surface area contributed by atoms with Crippen molar-refractivity contribution in [1.82, 2.24) is 0 Å². The van der Waals surface area contributed by atoms with E-state index in [1.54, 1.807) is 0 Å². The molecule has 1 heteroatoms. The van der Waals surface area contributed by atoms with Gasteiger partial charge in [0, 0.05) is 6.42 Å². The van der Waals surface area contributed by atoms with Gasteiger partial charge in [0.1, 0.15) is 0 Å². The molecule has 3 saturated carbocycles. The van der Waals surface area contributed by atoms with Gasteiger partial charge in [0.15, 0.2) is 5.78 Å². The molecule has 4 rings (SSSR count). The molecule has 0 saturated heterocycles. The Morgan fingerprint density at radius 3 is 2.50 bits per heavy atom. The Kier molecular flexibility index (Phi) is 5.60. The second-order valence-corrected chi connectivity index (χ2v) is 12.0. The van der Waals surface area contributed by atoms with Crippen LogP contribution < -0.4 is 0 Å². The first-order valence-electron chi connectivity index (χ1n) is 12.5. The van der Waals surface area contributed by atoms with Crippen molar-refractivity contribution in [2.75, 3.05) is 0 Å². The summed E-state index contributed by atoms with van der Waals surface area (Å²) in [6.45, 7) is 12.5. The van der Waals surface area contributed by atoms with Crippen LogP contribution in [-0.2, 0) is 4.79 Å². The van der Waals surface area contributed by atoms with Crippen LogP contribution in [0.5, 0.6) is 0 Å². The third-order valence-electron chi connectivity index (χ3n) is 10.2. The molecule has 0 aliphatic heterocycles. The highest BCUT2D eigenvalue weighted by molar-refractivity contribution is 5.91. The summed E-state index contributed by atoms with van der Waals surface area (Å²) in [5.41, 5.74) is 2.43. The standard InChI is InChI=1S/C27H44O/c1-18(2)7-6-8-19(3)23-11-12-24-22-10-9-20-17-21(28)13-15-26(20,4)25(22)14-16-27(23,24)5/h17-19,22-25H,6-16H2,1-5H3/t19-,22+,23+,24+,25+,26-,27+/m0/s1. The van der Waals surface area contributed by atoms with Crippen LogP contribution in [0.25, 0.3) is 0 Å². The van der Waals surface area contributed by atoms with E-state index >= 15 is 0 Å². The molecule has 0 heterocycles. The van der Waals surface area contributed by atoms with Gasteiger partial charge in [-0.2, -0.15) is 0 Å². The highest BCUT2D eigenvalue weighted by Gasteiger charge is 2.59. The lowest BCUT2D eigenvalue weighted by Crippen LogP contribution is -2.50. The van der Waals surface area contributed by atoms with E-state index in [-0.39, 0.29) is 0 Å². The van der Waals surface area contributed by atoms with Crippen molar-refractivity contribution >= 4 is 5.78 Å². The number of carbonyl (C=O) groups excluding carboxylic acids is 1. The Morgan fingerprint density at radius 2 is 1.75 bits per heavy atom. The van der Waals surface area contributed by atoms with Crippen molar-refractivity contribution in [3.63, 3.8) is 0 Å². The summed E-state index contributed by atoms with van der Waals surface area (Å²) in [5.74, 6) is 5.79. The molecule has 0 unspecified atom stereocenters. The molecular formula is C27H44O. The molecule has 0 radical (unpaired) electrons. The SMILES string of the molecule is CC(C)CCC[C@H](C)[C@H]1CC[C@@H]2[C@H]3CCC4=CC(=O)CC[C@]4(C)[C@@H]3CC[C@@]21C. The summed E-state index contributed by atoms with van der Waals surface area (Å²) < 4.78 is 0. The molecule has 0 bridgehead atoms. The number of rotatable bonds is 5. The smallest absolute Gasteiger partial charge is 0.155 e. The summed E-state index contributed by atoms with van der Waals surface area (Å²) >= 11 is 0. The molecule has 0 N–H and O–H groups in total. The molecule has 28 heavy (non-hydrogen) atoms. The maximum Gasteiger partial charge on any atom is 0.155 e. The lowest BCUT2D eigenvalue weighted by atomic mass is 9.46. The topological polar surface area (TPSA) is 17.1 Å². The Hall–Kier alpha value is -0.590. The summed E-state index contributed by atoms with van der Waals surface area (Å²) in [4.78, 5) is 12.0. The minimum atomic E-state index is 0.332. The average Bonchev–Trinajstić information content (AvgIpc) is 2.99. The van der Waals surface area contributed by atoms with Crippen molar-refractivity contribution < 1.29 is 4.79 Å². The maximum atomic E-state index is 12.0. The number of carbonyl (C=O) groups is 1. The Morgan fingerprint density at radius 1 is 0.964 bits per heavy atom. The minimum Gasteiger partial charge on any atom is -0.295 e. The van der Waals surface area contributed by atoms with Gasteiger partial charge in [0.2, 0.25) is 0 Å². The van der Waals surface area contributed by atoms with Crippen molar-refractivity contribution in [3.8, 4) is 0 Å². The lowest BCUT2D eigenvalue weighted by Gasteiger charge is -2.58. The molecule has 7 atom stereocenters. The van der Waals surface area contributed by atoms with Crippen LogP contribution in [0, 0.1) is 46.3 Å². The molecular weight excluding hydrogens is 340 g/mol. The maximum absolute atomic E-state index is 12.0. The van der Waals surface area contributed by atoms with E-state index in [0.717, 1.165) is 48.3 Å². The van der Waals surface area contributed by atoms with Crippen LogP contribution in [0.15, 0.2) is 11.6 Å². The van der Waals surface area contributed by atoms with Gasteiger partial charge in [0.05, 0.1) is 0 Å². The zero-order valence-corrected chi connectivity index (χ0v) is 19.2.